The summed E-state index contributed by atoms with van der Waals surface area (Å²) in [6.45, 7) is 6.78. The van der Waals surface area contributed by atoms with E-state index in [1.165, 1.54) is 17.7 Å². The Morgan fingerprint density at radius 1 is 1.39 bits per heavy atom. The molecule has 23 heavy (non-hydrogen) atoms. The Morgan fingerprint density at radius 3 is 2.96 bits per heavy atom. The van der Waals surface area contributed by atoms with Crippen LogP contribution in [0.2, 0.25) is 0 Å². The fourth-order valence-electron chi connectivity index (χ4n) is 2.64. The van der Waals surface area contributed by atoms with Crippen LogP contribution in [0.15, 0.2) is 30.5 Å². The third-order valence-electron chi connectivity index (χ3n) is 3.61. The Morgan fingerprint density at radius 2 is 2.17 bits per heavy atom. The lowest BCUT2D eigenvalue weighted by Gasteiger charge is -2.24. The van der Waals surface area contributed by atoms with Crippen molar-refractivity contribution < 1.29 is 9.53 Å². The first kappa shape index (κ1) is 17.5. The van der Waals surface area contributed by atoms with Crippen LogP contribution in [0, 0.1) is 0 Å². The Balaban J connectivity index is 1.69. The van der Waals surface area contributed by atoms with Crippen LogP contribution in [0.4, 0.5) is 4.79 Å². The molecule has 5 heteroatoms. The van der Waals surface area contributed by atoms with E-state index in [-0.39, 0.29) is 6.09 Å². The quantitative estimate of drug-likeness (QED) is 0.819. The molecule has 0 spiro atoms. The lowest BCUT2D eigenvalue weighted by Crippen LogP contribution is -2.32. The second kappa shape index (κ2) is 8.11. The Kier molecular flexibility index (Phi) is 6.16. The third-order valence-corrected chi connectivity index (χ3v) is 3.61. The number of amides is 1. The van der Waals surface area contributed by atoms with Crippen LogP contribution < -0.4 is 10.6 Å². The highest BCUT2D eigenvalue weighted by Crippen LogP contribution is 2.27. The van der Waals surface area contributed by atoms with E-state index in [9.17, 15) is 4.79 Å². The summed E-state index contributed by atoms with van der Waals surface area (Å²) in [5.74, 6) is 0. The number of ether oxygens (including phenoxy) is 1. The highest BCUT2D eigenvalue weighted by atomic mass is 16.6. The minimum absolute atomic E-state index is 0.323. The largest absolute Gasteiger partial charge is 0.444 e. The van der Waals surface area contributed by atoms with E-state index < -0.39 is 5.60 Å². The highest BCUT2D eigenvalue weighted by molar-refractivity contribution is 5.67. The molecule has 126 valence electrons. The number of carbonyl (C=O) groups excluding carboxylic acids is 1. The summed E-state index contributed by atoms with van der Waals surface area (Å²) in [7, 11) is 0. The monoisotopic (exact) mass is 317 g/mol. The zero-order valence-corrected chi connectivity index (χ0v) is 14.3. The smallest absolute Gasteiger partial charge is 0.407 e. The predicted molar refractivity (Wildman–Crippen MR) is 91.3 cm³/mol. The molecular formula is C18H27N3O2. The van der Waals surface area contributed by atoms with Crippen molar-refractivity contribution in [1.29, 1.82) is 0 Å². The van der Waals surface area contributed by atoms with Gasteiger partial charge in [-0.25, -0.2) is 4.79 Å². The molecule has 2 N–H and O–H groups in total. The van der Waals surface area contributed by atoms with Gasteiger partial charge in [-0.1, -0.05) is 18.2 Å². The highest BCUT2D eigenvalue weighted by Gasteiger charge is 2.20. The van der Waals surface area contributed by atoms with Gasteiger partial charge in [-0.05, 0) is 51.7 Å². The molecule has 0 aliphatic heterocycles. The summed E-state index contributed by atoms with van der Waals surface area (Å²) in [6.07, 6.45) is 8.86. The maximum Gasteiger partial charge on any atom is 0.407 e. The van der Waals surface area contributed by atoms with Gasteiger partial charge in [-0.2, -0.15) is 0 Å². The molecule has 0 saturated carbocycles. The molecule has 1 aliphatic carbocycles. The minimum Gasteiger partial charge on any atom is -0.444 e. The lowest BCUT2D eigenvalue weighted by molar-refractivity contribution is 0.0534. The summed E-state index contributed by atoms with van der Waals surface area (Å²) in [6, 6.07) is 4.49. The van der Waals surface area contributed by atoms with Crippen molar-refractivity contribution in [2.45, 2.75) is 51.7 Å². The summed E-state index contributed by atoms with van der Waals surface area (Å²) in [5, 5.41) is 6.22. The van der Waals surface area contributed by atoms with Gasteiger partial charge in [-0.3, -0.25) is 4.98 Å². The van der Waals surface area contributed by atoms with Crippen molar-refractivity contribution >= 4 is 6.09 Å². The number of nitrogens with zero attached hydrogens (tertiary/aromatic N) is 1. The maximum absolute atomic E-state index is 11.5. The molecule has 0 radical (unpaired) electrons. The molecule has 2 rings (SSSR count). The first-order valence-corrected chi connectivity index (χ1v) is 8.25. The number of alkyl carbamates (subject to hydrolysis) is 1. The first-order chi connectivity index (χ1) is 11.0. The Bertz CT molecular complexity index is 549. The van der Waals surface area contributed by atoms with E-state index in [0.717, 1.165) is 19.4 Å². The van der Waals surface area contributed by atoms with E-state index in [1.54, 1.807) is 0 Å². The van der Waals surface area contributed by atoms with Gasteiger partial charge in [0, 0.05) is 19.3 Å². The summed E-state index contributed by atoms with van der Waals surface area (Å²) >= 11 is 0. The van der Waals surface area contributed by atoms with E-state index in [1.807, 2.05) is 45.2 Å². The summed E-state index contributed by atoms with van der Waals surface area (Å²) in [4.78, 5) is 16.0. The third kappa shape index (κ3) is 6.02. The molecule has 1 heterocycles. The molecule has 0 saturated heterocycles. The number of nitrogens with one attached hydrogen (secondary N) is 2. The van der Waals surface area contributed by atoms with Crippen molar-refractivity contribution in [2.75, 3.05) is 13.1 Å². The summed E-state index contributed by atoms with van der Waals surface area (Å²) in [5.41, 5.74) is 2.07. The number of rotatable bonds is 5. The van der Waals surface area contributed by atoms with Gasteiger partial charge in [0.25, 0.3) is 0 Å². The van der Waals surface area contributed by atoms with Gasteiger partial charge < -0.3 is 15.4 Å². The number of carbonyl (C=O) groups is 1. The van der Waals surface area contributed by atoms with E-state index in [0.29, 0.717) is 12.6 Å². The van der Waals surface area contributed by atoms with Gasteiger partial charge in [0.1, 0.15) is 5.60 Å². The van der Waals surface area contributed by atoms with Crippen LogP contribution in [0.5, 0.6) is 0 Å². The average Bonchev–Trinajstić information content (AvgIpc) is 2.49. The van der Waals surface area contributed by atoms with Crippen molar-refractivity contribution in [1.82, 2.24) is 15.6 Å². The second-order valence-electron chi connectivity index (χ2n) is 6.76. The van der Waals surface area contributed by atoms with Crippen LogP contribution in [0.1, 0.15) is 50.9 Å². The maximum atomic E-state index is 11.5. The zero-order chi connectivity index (χ0) is 16.7. The van der Waals surface area contributed by atoms with E-state index in [2.05, 4.69) is 21.7 Å². The average molecular weight is 317 g/mol. The van der Waals surface area contributed by atoms with Crippen LogP contribution in [0.3, 0.4) is 0 Å². The minimum atomic E-state index is -0.462. The molecule has 0 bridgehead atoms. The standard InChI is InChI=1S/C18H27N3O2/c1-18(2,3)23-17(22)21-12-5-4-11-19-15-10-6-8-14-9-7-13-20-16(14)15/h4-5,7,9,13,15,19H,6,8,10-12H2,1-3H3,(H,21,22)/b5-4+. The SMILES string of the molecule is CC(C)(C)OC(=O)NC/C=C/CNC1CCCc2cccnc21. The van der Waals surface area contributed by atoms with Crippen LogP contribution in [-0.2, 0) is 11.2 Å². The molecule has 0 aromatic carbocycles. The van der Waals surface area contributed by atoms with E-state index >= 15 is 0 Å². The van der Waals surface area contributed by atoms with Crippen LogP contribution in [0.25, 0.3) is 0 Å². The molecule has 1 atom stereocenters. The number of aryl methyl sites for hydroxylation is 1. The lowest BCUT2D eigenvalue weighted by atomic mass is 9.92. The number of hydrogen-bond acceptors (Lipinski definition) is 4. The van der Waals surface area contributed by atoms with Gasteiger partial charge in [0.15, 0.2) is 0 Å². The summed E-state index contributed by atoms with van der Waals surface area (Å²) < 4.78 is 5.17. The first-order valence-electron chi connectivity index (χ1n) is 8.25. The molecule has 5 nitrogen and oxygen atoms in total. The fraction of sp³-hybridized carbons (Fsp3) is 0.556. The molecule has 1 aromatic heterocycles. The normalized spacial score (nSPS) is 17.8. The molecular weight excluding hydrogens is 290 g/mol. The zero-order valence-electron chi connectivity index (χ0n) is 14.3. The van der Waals surface area contributed by atoms with E-state index in [4.69, 9.17) is 4.74 Å². The Labute approximate surface area is 138 Å². The van der Waals surface area contributed by atoms with Crippen LogP contribution >= 0.6 is 0 Å². The predicted octanol–water partition coefficient (Wildman–Crippen LogP) is 3.13. The number of pyridine rings is 1. The number of aromatic nitrogens is 1. The molecule has 1 aliphatic rings. The van der Waals surface area contributed by atoms with Crippen molar-refractivity contribution in [2.24, 2.45) is 0 Å². The number of fused-ring (bicyclic) bond motifs is 1. The van der Waals surface area contributed by atoms with Gasteiger partial charge in [0.05, 0.1) is 11.7 Å². The molecule has 1 amide bonds. The second-order valence-corrected chi connectivity index (χ2v) is 6.76. The van der Waals surface area contributed by atoms with Crippen molar-refractivity contribution in [3.05, 3.63) is 41.7 Å². The number of hydrogen-bond donors (Lipinski definition) is 2. The topological polar surface area (TPSA) is 63.2 Å². The van der Waals surface area contributed by atoms with Crippen molar-refractivity contribution in [3.63, 3.8) is 0 Å². The van der Waals surface area contributed by atoms with Gasteiger partial charge in [-0.15, -0.1) is 0 Å². The molecule has 1 unspecified atom stereocenters. The van der Waals surface area contributed by atoms with Gasteiger partial charge >= 0.3 is 6.09 Å². The van der Waals surface area contributed by atoms with Crippen molar-refractivity contribution in [3.8, 4) is 0 Å². The Hall–Kier alpha value is -1.88. The van der Waals surface area contributed by atoms with Gasteiger partial charge in [0.2, 0.25) is 0 Å². The molecule has 0 fully saturated rings. The van der Waals surface area contributed by atoms with Crippen LogP contribution in [-0.4, -0.2) is 29.8 Å². The fourth-order valence-corrected chi connectivity index (χ4v) is 2.64. The molecule has 1 aromatic rings.